The predicted octanol–water partition coefficient (Wildman–Crippen LogP) is -0.126. The molecular formula is C10H12N4O2. The Bertz CT molecular complexity index is 578. The van der Waals surface area contributed by atoms with Crippen LogP contribution in [0.4, 0.5) is 0 Å². The SMILES string of the molecule is CC(N)c1ccccc1-n1c(=O)[nH][nH]c1=O. The number of nitrogens with one attached hydrogen (secondary N) is 2. The molecule has 2 aromatic rings. The van der Waals surface area contributed by atoms with Crippen molar-refractivity contribution in [2.24, 2.45) is 5.73 Å². The molecule has 1 atom stereocenters. The number of nitrogens with two attached hydrogens (primary N) is 1. The van der Waals surface area contributed by atoms with Crippen molar-refractivity contribution in [1.82, 2.24) is 14.8 Å². The lowest BCUT2D eigenvalue weighted by Gasteiger charge is -2.11. The van der Waals surface area contributed by atoms with Crippen molar-refractivity contribution in [3.63, 3.8) is 0 Å². The molecule has 0 spiro atoms. The molecule has 6 heteroatoms. The van der Waals surface area contributed by atoms with Gasteiger partial charge in [-0.2, -0.15) is 0 Å². The molecule has 1 unspecified atom stereocenters. The quantitative estimate of drug-likeness (QED) is 0.657. The third-order valence-electron chi connectivity index (χ3n) is 2.35. The molecule has 2 rings (SSSR count). The van der Waals surface area contributed by atoms with Crippen LogP contribution in [0.2, 0.25) is 0 Å². The number of rotatable bonds is 2. The second-order valence-electron chi connectivity index (χ2n) is 3.54. The third kappa shape index (κ3) is 1.59. The minimum atomic E-state index is -0.502. The first-order valence-corrected chi connectivity index (χ1v) is 4.86. The smallest absolute Gasteiger partial charge is 0.324 e. The van der Waals surface area contributed by atoms with E-state index in [1.54, 1.807) is 25.1 Å². The molecule has 6 nitrogen and oxygen atoms in total. The molecule has 0 amide bonds. The Hall–Kier alpha value is -2.08. The lowest BCUT2D eigenvalue weighted by atomic mass is 10.1. The van der Waals surface area contributed by atoms with Crippen LogP contribution in [0, 0.1) is 0 Å². The highest BCUT2D eigenvalue weighted by Gasteiger charge is 2.12. The second kappa shape index (κ2) is 3.82. The fourth-order valence-corrected chi connectivity index (χ4v) is 1.61. The Morgan fingerprint density at radius 1 is 1.19 bits per heavy atom. The van der Waals surface area contributed by atoms with E-state index in [2.05, 4.69) is 10.2 Å². The summed E-state index contributed by atoms with van der Waals surface area (Å²) in [4.78, 5) is 22.9. The van der Waals surface area contributed by atoms with Crippen LogP contribution in [-0.2, 0) is 0 Å². The molecule has 0 saturated carbocycles. The Morgan fingerprint density at radius 3 is 2.31 bits per heavy atom. The van der Waals surface area contributed by atoms with Gasteiger partial charge in [0.25, 0.3) is 0 Å². The van der Waals surface area contributed by atoms with Gasteiger partial charge in [0.05, 0.1) is 5.69 Å². The maximum Gasteiger partial charge on any atom is 0.348 e. The van der Waals surface area contributed by atoms with E-state index in [4.69, 9.17) is 5.73 Å². The van der Waals surface area contributed by atoms with Crippen molar-refractivity contribution < 1.29 is 0 Å². The first-order valence-electron chi connectivity index (χ1n) is 4.86. The fourth-order valence-electron chi connectivity index (χ4n) is 1.61. The molecular weight excluding hydrogens is 208 g/mol. The maximum absolute atomic E-state index is 11.5. The van der Waals surface area contributed by atoms with Crippen LogP contribution >= 0.6 is 0 Å². The molecule has 0 fully saturated rings. The molecule has 1 aromatic carbocycles. The van der Waals surface area contributed by atoms with E-state index in [1.165, 1.54) is 0 Å². The maximum atomic E-state index is 11.5. The van der Waals surface area contributed by atoms with Gasteiger partial charge in [-0.15, -0.1) is 0 Å². The van der Waals surface area contributed by atoms with Crippen LogP contribution in [0.3, 0.4) is 0 Å². The number of hydrogen-bond acceptors (Lipinski definition) is 3. The van der Waals surface area contributed by atoms with E-state index in [-0.39, 0.29) is 6.04 Å². The topological polar surface area (TPSA) is 96.7 Å². The van der Waals surface area contributed by atoms with Gasteiger partial charge in [0.2, 0.25) is 0 Å². The van der Waals surface area contributed by atoms with Gasteiger partial charge < -0.3 is 5.73 Å². The van der Waals surface area contributed by atoms with Gasteiger partial charge in [0.15, 0.2) is 0 Å². The summed E-state index contributed by atoms with van der Waals surface area (Å²) < 4.78 is 1.03. The highest BCUT2D eigenvalue weighted by molar-refractivity contribution is 5.42. The molecule has 16 heavy (non-hydrogen) atoms. The number of hydrogen-bond donors (Lipinski definition) is 3. The second-order valence-corrected chi connectivity index (χ2v) is 3.54. The lowest BCUT2D eigenvalue weighted by molar-refractivity contribution is 0.794. The zero-order chi connectivity index (χ0) is 11.7. The zero-order valence-electron chi connectivity index (χ0n) is 8.73. The lowest BCUT2D eigenvalue weighted by Crippen LogP contribution is -2.26. The highest BCUT2D eigenvalue weighted by atomic mass is 16.2. The van der Waals surface area contributed by atoms with Gasteiger partial charge >= 0.3 is 11.4 Å². The molecule has 1 aromatic heterocycles. The fraction of sp³-hybridized carbons (Fsp3) is 0.200. The first-order chi connectivity index (χ1) is 7.61. The summed E-state index contributed by atoms with van der Waals surface area (Å²) in [5.41, 5.74) is 6.03. The van der Waals surface area contributed by atoms with E-state index >= 15 is 0 Å². The van der Waals surface area contributed by atoms with Crippen molar-refractivity contribution in [2.75, 3.05) is 0 Å². The highest BCUT2D eigenvalue weighted by Crippen LogP contribution is 2.16. The van der Waals surface area contributed by atoms with Crippen molar-refractivity contribution in [3.05, 3.63) is 50.8 Å². The van der Waals surface area contributed by atoms with Crippen molar-refractivity contribution >= 4 is 0 Å². The van der Waals surface area contributed by atoms with Gasteiger partial charge in [0, 0.05) is 6.04 Å². The van der Waals surface area contributed by atoms with Gasteiger partial charge in [-0.05, 0) is 18.6 Å². The Balaban J connectivity index is 2.74. The van der Waals surface area contributed by atoms with Crippen LogP contribution < -0.4 is 17.1 Å². The third-order valence-corrected chi connectivity index (χ3v) is 2.35. The first kappa shape index (κ1) is 10.4. The van der Waals surface area contributed by atoms with E-state index in [9.17, 15) is 9.59 Å². The summed E-state index contributed by atoms with van der Waals surface area (Å²) in [5, 5.41) is 4.46. The summed E-state index contributed by atoms with van der Waals surface area (Å²) in [5.74, 6) is 0. The van der Waals surface area contributed by atoms with Crippen molar-refractivity contribution in [2.45, 2.75) is 13.0 Å². The summed E-state index contributed by atoms with van der Waals surface area (Å²) in [7, 11) is 0. The number of para-hydroxylation sites is 1. The minimum Gasteiger partial charge on any atom is -0.324 e. The number of aromatic nitrogens is 3. The number of benzene rings is 1. The number of nitrogens with zero attached hydrogens (tertiary/aromatic N) is 1. The molecule has 0 aliphatic carbocycles. The van der Waals surface area contributed by atoms with Gasteiger partial charge in [-0.25, -0.2) is 24.4 Å². The minimum absolute atomic E-state index is 0.252. The van der Waals surface area contributed by atoms with E-state index in [0.717, 1.165) is 10.1 Å². The van der Waals surface area contributed by atoms with Gasteiger partial charge in [-0.1, -0.05) is 18.2 Å². The predicted molar refractivity (Wildman–Crippen MR) is 59.6 cm³/mol. The number of aromatic amines is 2. The molecule has 0 aliphatic rings. The van der Waals surface area contributed by atoms with Crippen LogP contribution in [0.1, 0.15) is 18.5 Å². The van der Waals surface area contributed by atoms with Gasteiger partial charge in [0.1, 0.15) is 0 Å². The van der Waals surface area contributed by atoms with E-state index < -0.39 is 11.4 Å². The van der Waals surface area contributed by atoms with Crippen molar-refractivity contribution in [3.8, 4) is 5.69 Å². The summed E-state index contributed by atoms with van der Waals surface area (Å²) in [6.07, 6.45) is 0. The van der Waals surface area contributed by atoms with Crippen LogP contribution in [0.15, 0.2) is 33.9 Å². The molecule has 84 valence electrons. The van der Waals surface area contributed by atoms with Crippen LogP contribution in [-0.4, -0.2) is 14.8 Å². The summed E-state index contributed by atoms with van der Waals surface area (Å²) >= 11 is 0. The number of H-pyrrole nitrogens is 2. The molecule has 4 N–H and O–H groups in total. The largest absolute Gasteiger partial charge is 0.348 e. The van der Waals surface area contributed by atoms with Crippen LogP contribution in [0.5, 0.6) is 0 Å². The molecule has 0 aliphatic heterocycles. The molecule has 0 radical (unpaired) electrons. The summed E-state index contributed by atoms with van der Waals surface area (Å²) in [6, 6.07) is 6.79. The molecule has 1 heterocycles. The van der Waals surface area contributed by atoms with Crippen LogP contribution in [0.25, 0.3) is 5.69 Å². The van der Waals surface area contributed by atoms with E-state index in [0.29, 0.717) is 5.69 Å². The Morgan fingerprint density at radius 2 is 1.75 bits per heavy atom. The standard InChI is InChI=1S/C10H12N4O2/c1-6(11)7-4-2-3-5-8(7)14-9(15)12-13-10(14)16/h2-6H,11H2,1H3,(H,12,15)(H,13,16). The molecule has 0 bridgehead atoms. The van der Waals surface area contributed by atoms with E-state index in [1.807, 2.05) is 6.07 Å². The van der Waals surface area contributed by atoms with Crippen molar-refractivity contribution in [1.29, 1.82) is 0 Å². The zero-order valence-corrected chi connectivity index (χ0v) is 8.73. The Kier molecular flexibility index (Phi) is 2.49. The average molecular weight is 220 g/mol. The van der Waals surface area contributed by atoms with Gasteiger partial charge in [-0.3, -0.25) is 0 Å². The molecule has 0 saturated heterocycles. The summed E-state index contributed by atoms with van der Waals surface area (Å²) in [6.45, 7) is 1.80. The normalized spacial score (nSPS) is 12.6. The average Bonchev–Trinajstić information content (AvgIpc) is 2.58. The Labute approximate surface area is 90.7 Å². The monoisotopic (exact) mass is 220 g/mol.